The minimum atomic E-state index is -1.77. The first-order valence-electron chi connectivity index (χ1n) is 8.36. The lowest BCUT2D eigenvalue weighted by atomic mass is 10.0. The number of nitrogens with one attached hydrogen (secondary N) is 2. The van der Waals surface area contributed by atoms with Gasteiger partial charge in [-0.3, -0.25) is 19.2 Å². The number of hydrogen-bond donors (Lipinski definition) is 7. The Labute approximate surface area is 164 Å². The maximum atomic E-state index is 12.3. The largest absolute Gasteiger partial charge is 0.508 e. The maximum Gasteiger partial charge on any atom is 0.326 e. The number of carboxylic acids is 2. The van der Waals surface area contributed by atoms with Gasteiger partial charge in [0.25, 0.3) is 0 Å². The zero-order valence-electron chi connectivity index (χ0n) is 15.2. The third-order valence-electron chi connectivity index (χ3n) is 3.76. The van der Waals surface area contributed by atoms with E-state index < -0.39 is 60.6 Å². The molecule has 158 valence electrons. The molecule has 0 saturated carbocycles. The Balaban J connectivity index is 2.82. The fourth-order valence-electron chi connectivity index (χ4n) is 2.31. The lowest BCUT2D eigenvalue weighted by Crippen LogP contribution is -2.56. The zero-order chi connectivity index (χ0) is 22.1. The van der Waals surface area contributed by atoms with Gasteiger partial charge in [0.2, 0.25) is 17.7 Å². The maximum absolute atomic E-state index is 12.3. The lowest BCUT2D eigenvalue weighted by molar-refractivity contribution is -0.147. The van der Waals surface area contributed by atoms with E-state index in [0.29, 0.717) is 5.56 Å². The number of carbonyl (C=O) groups is 5. The number of nitrogens with two attached hydrogens (primary N) is 2. The smallest absolute Gasteiger partial charge is 0.326 e. The van der Waals surface area contributed by atoms with Gasteiger partial charge in [0.15, 0.2) is 0 Å². The molecule has 1 rings (SSSR count). The van der Waals surface area contributed by atoms with Crippen molar-refractivity contribution in [2.45, 2.75) is 37.4 Å². The number of primary amides is 1. The first kappa shape index (κ1) is 23.4. The van der Waals surface area contributed by atoms with E-state index in [0.717, 1.165) is 0 Å². The molecule has 12 nitrogen and oxygen atoms in total. The first-order chi connectivity index (χ1) is 13.5. The van der Waals surface area contributed by atoms with Crippen molar-refractivity contribution in [3.63, 3.8) is 0 Å². The molecule has 1 aromatic carbocycles. The number of benzene rings is 1. The number of carboxylic acid groups (broad SMARTS) is 2. The van der Waals surface area contributed by atoms with Crippen molar-refractivity contribution >= 4 is 29.7 Å². The summed E-state index contributed by atoms with van der Waals surface area (Å²) in [6.07, 6.45) is -1.50. The number of hydrogen-bond acceptors (Lipinski definition) is 7. The summed E-state index contributed by atoms with van der Waals surface area (Å²) in [6, 6.07) is 1.45. The van der Waals surface area contributed by atoms with Crippen molar-refractivity contribution in [1.82, 2.24) is 10.6 Å². The van der Waals surface area contributed by atoms with Gasteiger partial charge in [0.05, 0.1) is 18.9 Å². The monoisotopic (exact) mass is 410 g/mol. The van der Waals surface area contributed by atoms with E-state index in [4.69, 9.17) is 21.7 Å². The van der Waals surface area contributed by atoms with E-state index in [2.05, 4.69) is 5.32 Å². The molecule has 0 aliphatic heterocycles. The molecule has 1 aromatic rings. The predicted molar refractivity (Wildman–Crippen MR) is 97.3 cm³/mol. The van der Waals surface area contributed by atoms with Gasteiger partial charge in [0, 0.05) is 0 Å². The SMILES string of the molecule is NC(=O)CC(NC(=O)C(N)Cc1ccc(O)cc1)C(=O)NC(CC(=O)O)C(=O)O. The Morgan fingerprint density at radius 1 is 0.897 bits per heavy atom. The third kappa shape index (κ3) is 8.26. The number of aliphatic carboxylic acids is 2. The minimum absolute atomic E-state index is 0.0271. The highest BCUT2D eigenvalue weighted by atomic mass is 16.4. The van der Waals surface area contributed by atoms with Gasteiger partial charge in [-0.05, 0) is 24.1 Å². The number of aromatic hydroxyl groups is 1. The molecular formula is C17H22N4O8. The van der Waals surface area contributed by atoms with Crippen LogP contribution in [0.15, 0.2) is 24.3 Å². The molecule has 0 aliphatic carbocycles. The van der Waals surface area contributed by atoms with E-state index in [1.54, 1.807) is 12.1 Å². The molecule has 9 N–H and O–H groups in total. The van der Waals surface area contributed by atoms with Crippen LogP contribution in [-0.2, 0) is 30.4 Å². The quantitative estimate of drug-likeness (QED) is 0.207. The Hall–Kier alpha value is -3.67. The second-order valence-electron chi connectivity index (χ2n) is 6.21. The zero-order valence-corrected chi connectivity index (χ0v) is 15.2. The van der Waals surface area contributed by atoms with Crippen LogP contribution in [-0.4, -0.2) is 63.1 Å². The first-order valence-corrected chi connectivity index (χ1v) is 8.36. The third-order valence-corrected chi connectivity index (χ3v) is 3.76. The molecule has 3 atom stereocenters. The van der Waals surface area contributed by atoms with Crippen LogP contribution in [0.25, 0.3) is 0 Å². The topological polar surface area (TPSA) is 222 Å². The highest BCUT2D eigenvalue weighted by molar-refractivity contribution is 5.95. The number of carbonyl (C=O) groups excluding carboxylic acids is 3. The predicted octanol–water partition coefficient (Wildman–Crippen LogP) is -2.33. The molecule has 0 radical (unpaired) electrons. The minimum Gasteiger partial charge on any atom is -0.508 e. The highest BCUT2D eigenvalue weighted by Crippen LogP contribution is 2.11. The van der Waals surface area contributed by atoms with Crippen LogP contribution in [0.5, 0.6) is 5.75 Å². The normalized spacial score (nSPS) is 13.6. The fraction of sp³-hybridized carbons (Fsp3) is 0.353. The number of phenolic OH excluding ortho intramolecular Hbond substituents is 1. The van der Waals surface area contributed by atoms with Crippen LogP contribution in [0.3, 0.4) is 0 Å². The summed E-state index contributed by atoms with van der Waals surface area (Å²) in [5, 5.41) is 31.1. The Morgan fingerprint density at radius 3 is 1.93 bits per heavy atom. The molecule has 0 fully saturated rings. The standard InChI is InChI=1S/C17H22N4O8/c18-10(5-8-1-3-9(22)4-2-8)15(26)20-11(6-13(19)23)16(27)21-12(17(28)29)7-14(24)25/h1-4,10-12,22H,5-7,18H2,(H2,19,23)(H,20,26)(H,21,27)(H,24,25)(H,28,29). The molecule has 0 saturated heterocycles. The molecular weight excluding hydrogens is 388 g/mol. The summed E-state index contributed by atoms with van der Waals surface area (Å²) >= 11 is 0. The molecule has 29 heavy (non-hydrogen) atoms. The van der Waals surface area contributed by atoms with Crippen molar-refractivity contribution in [2.24, 2.45) is 11.5 Å². The van der Waals surface area contributed by atoms with E-state index in [-0.39, 0.29) is 12.2 Å². The summed E-state index contributed by atoms with van der Waals surface area (Å²) in [6.45, 7) is 0. The van der Waals surface area contributed by atoms with Crippen molar-refractivity contribution in [2.75, 3.05) is 0 Å². The van der Waals surface area contributed by atoms with E-state index >= 15 is 0 Å². The van der Waals surface area contributed by atoms with Crippen molar-refractivity contribution in [3.05, 3.63) is 29.8 Å². The second-order valence-corrected chi connectivity index (χ2v) is 6.21. The van der Waals surface area contributed by atoms with Crippen LogP contribution in [0, 0.1) is 0 Å². The van der Waals surface area contributed by atoms with Gasteiger partial charge in [-0.1, -0.05) is 12.1 Å². The molecule has 0 heterocycles. The lowest BCUT2D eigenvalue weighted by Gasteiger charge is -2.21. The van der Waals surface area contributed by atoms with Crippen LogP contribution in [0.4, 0.5) is 0 Å². The molecule has 0 spiro atoms. The molecule has 12 heteroatoms. The molecule has 3 unspecified atom stereocenters. The van der Waals surface area contributed by atoms with Crippen LogP contribution >= 0.6 is 0 Å². The van der Waals surface area contributed by atoms with Crippen molar-refractivity contribution in [1.29, 1.82) is 0 Å². The Bertz CT molecular complexity index is 780. The van der Waals surface area contributed by atoms with Gasteiger partial charge in [-0.15, -0.1) is 0 Å². The fourth-order valence-corrected chi connectivity index (χ4v) is 2.31. The average Bonchev–Trinajstić information content (AvgIpc) is 2.61. The van der Waals surface area contributed by atoms with Gasteiger partial charge < -0.3 is 37.4 Å². The van der Waals surface area contributed by atoms with Gasteiger partial charge in [0.1, 0.15) is 17.8 Å². The Kier molecular flexibility index (Phi) is 8.55. The van der Waals surface area contributed by atoms with Crippen molar-refractivity contribution < 1.29 is 39.3 Å². The summed E-state index contributed by atoms with van der Waals surface area (Å²) < 4.78 is 0. The number of phenols is 1. The average molecular weight is 410 g/mol. The van der Waals surface area contributed by atoms with Gasteiger partial charge >= 0.3 is 11.9 Å². The number of amides is 3. The summed E-state index contributed by atoms with van der Waals surface area (Å²) in [7, 11) is 0. The summed E-state index contributed by atoms with van der Waals surface area (Å²) in [4.78, 5) is 57.6. The molecule has 0 aliphatic rings. The molecule has 3 amide bonds. The van der Waals surface area contributed by atoms with Gasteiger partial charge in [-0.25, -0.2) is 4.79 Å². The van der Waals surface area contributed by atoms with Crippen molar-refractivity contribution in [3.8, 4) is 5.75 Å². The summed E-state index contributed by atoms with van der Waals surface area (Å²) in [5.74, 6) is -5.91. The molecule has 0 aromatic heterocycles. The van der Waals surface area contributed by atoms with Crippen LogP contribution in [0.2, 0.25) is 0 Å². The van der Waals surface area contributed by atoms with E-state index in [1.165, 1.54) is 12.1 Å². The highest BCUT2D eigenvalue weighted by Gasteiger charge is 2.30. The van der Waals surface area contributed by atoms with E-state index in [9.17, 15) is 29.1 Å². The Morgan fingerprint density at radius 2 is 1.45 bits per heavy atom. The van der Waals surface area contributed by atoms with Crippen LogP contribution < -0.4 is 22.1 Å². The second kappa shape index (κ2) is 10.6. The molecule has 0 bridgehead atoms. The van der Waals surface area contributed by atoms with Gasteiger partial charge in [-0.2, -0.15) is 0 Å². The number of rotatable bonds is 11. The summed E-state index contributed by atoms with van der Waals surface area (Å²) in [5.41, 5.74) is 11.5. The van der Waals surface area contributed by atoms with Crippen LogP contribution in [0.1, 0.15) is 18.4 Å². The van der Waals surface area contributed by atoms with E-state index in [1.807, 2.05) is 5.32 Å².